The number of aromatic nitrogens is 1. The molecule has 3 aromatic rings. The number of pyridine rings is 1. The van der Waals surface area contributed by atoms with E-state index in [0.717, 1.165) is 30.4 Å². The van der Waals surface area contributed by atoms with E-state index in [4.69, 9.17) is 9.47 Å². The summed E-state index contributed by atoms with van der Waals surface area (Å²) in [5.41, 5.74) is 3.16. The van der Waals surface area contributed by atoms with Crippen LogP contribution in [0.2, 0.25) is 0 Å². The van der Waals surface area contributed by atoms with Gasteiger partial charge in [-0.3, -0.25) is 4.79 Å². The highest BCUT2D eigenvalue weighted by Crippen LogP contribution is 2.43. The van der Waals surface area contributed by atoms with Crippen molar-refractivity contribution in [3.63, 3.8) is 0 Å². The number of hydrogen-bond donors (Lipinski definition) is 1. The Labute approximate surface area is 195 Å². The lowest BCUT2D eigenvalue weighted by Crippen LogP contribution is -2.32. The highest BCUT2D eigenvalue weighted by atomic mass is 19.3. The highest BCUT2D eigenvalue weighted by Gasteiger charge is 2.30. The molecule has 1 aliphatic heterocycles. The van der Waals surface area contributed by atoms with Crippen LogP contribution in [0.15, 0.2) is 41.3 Å². The molecule has 0 spiro atoms. The summed E-state index contributed by atoms with van der Waals surface area (Å²) in [6, 6.07) is 9.50. The standard InChI is InChI=1S/C26H26F2N2O4/c1-3-33-25(32)21-13-30(18-6-7-18)22-20(23(21)31)9-8-19(24(22)34-26(27)28)16-5-4-15-10-14(2)29-12-17(15)11-16/h4-5,8-9,11,13-14,18,26,29H,3,6-7,10,12H2,1-2H3/t14-/m0/s1. The normalized spacial score (nSPS) is 17.6. The third-order valence-corrected chi connectivity index (χ3v) is 6.47. The van der Waals surface area contributed by atoms with Crippen LogP contribution >= 0.6 is 0 Å². The van der Waals surface area contributed by atoms with E-state index in [0.29, 0.717) is 18.2 Å². The number of rotatable bonds is 6. The first kappa shape index (κ1) is 22.5. The molecule has 0 unspecified atom stereocenters. The summed E-state index contributed by atoms with van der Waals surface area (Å²) in [5, 5.41) is 3.58. The van der Waals surface area contributed by atoms with Crippen molar-refractivity contribution in [2.45, 2.75) is 58.3 Å². The summed E-state index contributed by atoms with van der Waals surface area (Å²) >= 11 is 0. The van der Waals surface area contributed by atoms with Gasteiger partial charge in [0.05, 0.1) is 17.5 Å². The number of carbonyl (C=O) groups excluding carboxylic acids is 1. The van der Waals surface area contributed by atoms with Gasteiger partial charge in [0, 0.05) is 30.4 Å². The largest absolute Gasteiger partial charge is 0.462 e. The minimum absolute atomic E-state index is 0.000713. The van der Waals surface area contributed by atoms with Crippen molar-refractivity contribution in [3.05, 3.63) is 63.4 Å². The molecule has 1 saturated carbocycles. The predicted molar refractivity (Wildman–Crippen MR) is 125 cm³/mol. The van der Waals surface area contributed by atoms with Crippen molar-refractivity contribution in [3.8, 4) is 16.9 Å². The molecule has 1 fully saturated rings. The second-order valence-electron chi connectivity index (χ2n) is 8.92. The quantitative estimate of drug-likeness (QED) is 0.526. The molecule has 0 amide bonds. The van der Waals surface area contributed by atoms with Gasteiger partial charge in [0.2, 0.25) is 5.43 Å². The summed E-state index contributed by atoms with van der Waals surface area (Å²) in [5.74, 6) is -0.774. The molecule has 6 nitrogen and oxygen atoms in total. The van der Waals surface area contributed by atoms with Gasteiger partial charge in [-0.05, 0) is 68.0 Å². The summed E-state index contributed by atoms with van der Waals surface area (Å²) in [4.78, 5) is 25.6. The molecule has 5 rings (SSSR count). The van der Waals surface area contributed by atoms with Crippen LogP contribution in [-0.2, 0) is 17.7 Å². The molecule has 1 N–H and O–H groups in total. The van der Waals surface area contributed by atoms with Gasteiger partial charge in [0.25, 0.3) is 0 Å². The van der Waals surface area contributed by atoms with Gasteiger partial charge in [0.1, 0.15) is 5.56 Å². The highest BCUT2D eigenvalue weighted by molar-refractivity contribution is 5.98. The number of nitrogens with one attached hydrogen (secondary N) is 1. The van der Waals surface area contributed by atoms with Crippen LogP contribution in [0.5, 0.6) is 5.75 Å². The van der Waals surface area contributed by atoms with Crippen LogP contribution in [0.1, 0.15) is 54.2 Å². The van der Waals surface area contributed by atoms with Crippen molar-refractivity contribution >= 4 is 16.9 Å². The minimum atomic E-state index is -3.07. The van der Waals surface area contributed by atoms with E-state index in [2.05, 4.69) is 12.2 Å². The van der Waals surface area contributed by atoms with Crippen LogP contribution in [0, 0.1) is 0 Å². The van der Waals surface area contributed by atoms with E-state index in [9.17, 15) is 18.4 Å². The fourth-order valence-corrected chi connectivity index (χ4v) is 4.69. The molecule has 2 aromatic carbocycles. The Morgan fingerprint density at radius 2 is 2.00 bits per heavy atom. The summed E-state index contributed by atoms with van der Waals surface area (Å²) in [6.07, 6.45) is 3.97. The van der Waals surface area contributed by atoms with Gasteiger partial charge >= 0.3 is 12.6 Å². The Balaban J connectivity index is 1.74. The zero-order chi connectivity index (χ0) is 24.0. The molecule has 0 saturated heterocycles. The van der Waals surface area contributed by atoms with E-state index in [-0.39, 0.29) is 34.9 Å². The molecular formula is C26H26F2N2O4. The van der Waals surface area contributed by atoms with Crippen molar-refractivity contribution < 1.29 is 23.0 Å². The number of hydrogen-bond acceptors (Lipinski definition) is 5. The van der Waals surface area contributed by atoms with Crippen LogP contribution in [0.25, 0.3) is 22.0 Å². The van der Waals surface area contributed by atoms with Crippen molar-refractivity contribution in [1.82, 2.24) is 9.88 Å². The first-order chi connectivity index (χ1) is 16.4. The second kappa shape index (κ2) is 8.83. The smallest absolute Gasteiger partial charge is 0.387 e. The molecule has 0 radical (unpaired) electrons. The zero-order valence-corrected chi connectivity index (χ0v) is 19.1. The maximum atomic E-state index is 13.6. The van der Waals surface area contributed by atoms with E-state index >= 15 is 0 Å². The third-order valence-electron chi connectivity index (χ3n) is 6.47. The lowest BCUT2D eigenvalue weighted by molar-refractivity contribution is -0.0486. The average molecular weight is 469 g/mol. The molecule has 34 heavy (non-hydrogen) atoms. The average Bonchev–Trinajstić information content (AvgIpc) is 3.64. The molecule has 178 valence electrons. The Bertz CT molecular complexity index is 1330. The molecule has 1 aromatic heterocycles. The lowest BCUT2D eigenvalue weighted by atomic mass is 9.92. The Morgan fingerprint density at radius 1 is 1.21 bits per heavy atom. The summed E-state index contributed by atoms with van der Waals surface area (Å²) in [6.45, 7) is 1.53. The SMILES string of the molecule is CCOC(=O)c1cn(C2CC2)c2c(OC(F)F)c(-c3ccc4c(c3)CN[C@@H](C)C4)ccc2c1=O. The fraction of sp³-hybridized carbons (Fsp3) is 0.385. The number of halogens is 2. The van der Waals surface area contributed by atoms with Gasteiger partial charge in [-0.1, -0.05) is 12.1 Å². The Morgan fingerprint density at radius 3 is 2.71 bits per heavy atom. The third kappa shape index (κ3) is 4.07. The molecule has 1 atom stereocenters. The number of nitrogens with zero attached hydrogens (tertiary/aromatic N) is 1. The first-order valence-corrected chi connectivity index (χ1v) is 11.6. The molecular weight excluding hydrogens is 442 g/mol. The topological polar surface area (TPSA) is 69.6 Å². The van der Waals surface area contributed by atoms with Gasteiger partial charge < -0.3 is 19.4 Å². The van der Waals surface area contributed by atoms with Crippen LogP contribution < -0.4 is 15.5 Å². The number of fused-ring (bicyclic) bond motifs is 2. The number of ether oxygens (including phenoxy) is 2. The van der Waals surface area contributed by atoms with Gasteiger partial charge in [0.15, 0.2) is 5.75 Å². The Kier molecular flexibility index (Phi) is 5.85. The van der Waals surface area contributed by atoms with E-state index in [1.54, 1.807) is 23.6 Å². The number of carbonyl (C=O) groups is 1. The van der Waals surface area contributed by atoms with Crippen LogP contribution in [-0.4, -0.2) is 29.8 Å². The molecule has 2 heterocycles. The monoisotopic (exact) mass is 468 g/mol. The minimum Gasteiger partial charge on any atom is -0.462 e. The maximum Gasteiger partial charge on any atom is 0.387 e. The fourth-order valence-electron chi connectivity index (χ4n) is 4.69. The van der Waals surface area contributed by atoms with Crippen molar-refractivity contribution in [2.75, 3.05) is 6.61 Å². The molecule has 8 heteroatoms. The Hall–Kier alpha value is -3.26. The van der Waals surface area contributed by atoms with E-state index in [1.807, 2.05) is 18.2 Å². The lowest BCUT2D eigenvalue weighted by Gasteiger charge is -2.24. The van der Waals surface area contributed by atoms with Crippen LogP contribution in [0.4, 0.5) is 8.78 Å². The van der Waals surface area contributed by atoms with Gasteiger partial charge in [-0.2, -0.15) is 8.78 Å². The number of esters is 1. The van der Waals surface area contributed by atoms with E-state index < -0.39 is 18.0 Å². The van der Waals surface area contributed by atoms with Crippen molar-refractivity contribution in [1.29, 1.82) is 0 Å². The predicted octanol–water partition coefficient (Wildman–Crippen LogP) is 4.82. The molecule has 1 aliphatic carbocycles. The summed E-state index contributed by atoms with van der Waals surface area (Å²) in [7, 11) is 0. The summed E-state index contributed by atoms with van der Waals surface area (Å²) < 4.78 is 39.1. The van der Waals surface area contributed by atoms with Crippen LogP contribution in [0.3, 0.4) is 0 Å². The molecule has 0 bridgehead atoms. The van der Waals surface area contributed by atoms with E-state index in [1.165, 1.54) is 11.8 Å². The number of benzene rings is 2. The van der Waals surface area contributed by atoms with Gasteiger partial charge in [-0.15, -0.1) is 0 Å². The number of alkyl halides is 2. The zero-order valence-electron chi connectivity index (χ0n) is 19.1. The molecule has 2 aliphatic rings. The van der Waals surface area contributed by atoms with Crippen molar-refractivity contribution in [2.24, 2.45) is 0 Å². The van der Waals surface area contributed by atoms with Gasteiger partial charge in [-0.25, -0.2) is 4.79 Å². The first-order valence-electron chi connectivity index (χ1n) is 11.6. The maximum absolute atomic E-state index is 13.6. The second-order valence-corrected chi connectivity index (χ2v) is 8.92.